The Morgan fingerprint density at radius 2 is 2.50 bits per heavy atom. The van der Waals surface area contributed by atoms with Gasteiger partial charge in [0.05, 0.1) is 18.4 Å². The van der Waals surface area contributed by atoms with E-state index in [0.717, 1.165) is 0 Å². The van der Waals surface area contributed by atoms with Crippen molar-refractivity contribution < 1.29 is 5.11 Å². The van der Waals surface area contributed by atoms with Gasteiger partial charge in [-0.15, -0.1) is 0 Å². The van der Waals surface area contributed by atoms with Gasteiger partial charge in [-0.3, -0.25) is 9.97 Å². The fraction of sp³-hybridized carbons (Fsp3) is 0.333. The molecule has 1 heterocycles. The molecule has 0 spiro atoms. The fourth-order valence-corrected chi connectivity index (χ4v) is 0.690. The number of nitrogens with zero attached hydrogens (tertiary/aromatic N) is 5. The molecule has 0 saturated heterocycles. The Hall–Kier alpha value is -1.65. The molecule has 0 radical (unpaired) electrons. The van der Waals surface area contributed by atoms with Crippen LogP contribution in [0.2, 0.25) is 0 Å². The molecular weight excluding hydrogens is 158 g/mol. The van der Waals surface area contributed by atoms with Gasteiger partial charge >= 0.3 is 0 Å². The average Bonchev–Trinajstić information content (AvgIpc) is 2.15. The quantitative estimate of drug-likeness (QED) is 0.408. The molecule has 6 heteroatoms. The second-order valence-corrected chi connectivity index (χ2v) is 2.06. The van der Waals surface area contributed by atoms with E-state index in [1.165, 1.54) is 18.6 Å². The van der Waals surface area contributed by atoms with E-state index in [4.69, 9.17) is 5.53 Å². The van der Waals surface area contributed by atoms with Crippen molar-refractivity contribution in [2.75, 3.05) is 6.54 Å². The molecule has 1 rings (SSSR count). The maximum absolute atomic E-state index is 9.28. The molecule has 1 unspecified atom stereocenters. The second kappa shape index (κ2) is 4.27. The monoisotopic (exact) mass is 165 g/mol. The van der Waals surface area contributed by atoms with Crippen molar-refractivity contribution in [3.63, 3.8) is 0 Å². The zero-order chi connectivity index (χ0) is 8.81. The summed E-state index contributed by atoms with van der Waals surface area (Å²) in [6.07, 6.45) is 3.53. The summed E-state index contributed by atoms with van der Waals surface area (Å²) in [6, 6.07) is 0. The van der Waals surface area contributed by atoms with E-state index in [2.05, 4.69) is 20.0 Å². The maximum atomic E-state index is 9.28. The van der Waals surface area contributed by atoms with E-state index in [1.54, 1.807) is 0 Å². The van der Waals surface area contributed by atoms with E-state index in [9.17, 15) is 5.11 Å². The number of azide groups is 1. The Kier molecular flexibility index (Phi) is 3.01. The van der Waals surface area contributed by atoms with E-state index >= 15 is 0 Å². The zero-order valence-corrected chi connectivity index (χ0v) is 6.20. The standard InChI is InChI=1S/C6H7N5O/c7-11-10-4-6(12)5-3-8-1-2-9-5/h1-3,6,12H,4H2. The van der Waals surface area contributed by atoms with E-state index in [0.29, 0.717) is 5.69 Å². The SMILES string of the molecule is [N-]=[N+]=NCC(O)c1cnccn1. The average molecular weight is 165 g/mol. The van der Waals surface area contributed by atoms with Crippen molar-refractivity contribution in [1.82, 2.24) is 9.97 Å². The molecule has 1 atom stereocenters. The third kappa shape index (κ3) is 2.19. The van der Waals surface area contributed by atoms with E-state index in [-0.39, 0.29) is 6.54 Å². The van der Waals surface area contributed by atoms with Crippen LogP contribution in [0.15, 0.2) is 23.7 Å². The number of hydrogen-bond donors (Lipinski definition) is 1. The Morgan fingerprint density at radius 3 is 3.08 bits per heavy atom. The lowest BCUT2D eigenvalue weighted by molar-refractivity contribution is 0.181. The highest BCUT2D eigenvalue weighted by atomic mass is 16.3. The smallest absolute Gasteiger partial charge is 0.103 e. The third-order valence-electron chi connectivity index (χ3n) is 1.24. The maximum Gasteiger partial charge on any atom is 0.103 e. The first-order chi connectivity index (χ1) is 5.84. The lowest BCUT2D eigenvalue weighted by Gasteiger charge is -2.03. The molecule has 0 bridgehead atoms. The highest BCUT2D eigenvalue weighted by Crippen LogP contribution is 2.07. The molecule has 12 heavy (non-hydrogen) atoms. The summed E-state index contributed by atoms with van der Waals surface area (Å²) in [5.74, 6) is 0. The van der Waals surface area contributed by atoms with Crippen LogP contribution in [0.4, 0.5) is 0 Å². The second-order valence-electron chi connectivity index (χ2n) is 2.06. The van der Waals surface area contributed by atoms with Crippen LogP contribution in [0, 0.1) is 0 Å². The van der Waals surface area contributed by atoms with Crippen molar-refractivity contribution in [1.29, 1.82) is 0 Å². The molecule has 0 aliphatic carbocycles. The van der Waals surface area contributed by atoms with Crippen LogP contribution in [0.1, 0.15) is 11.8 Å². The minimum Gasteiger partial charge on any atom is -0.387 e. The first-order valence-corrected chi connectivity index (χ1v) is 3.29. The molecule has 0 aliphatic heterocycles. The molecule has 0 aliphatic rings. The van der Waals surface area contributed by atoms with Crippen LogP contribution >= 0.6 is 0 Å². The van der Waals surface area contributed by atoms with Crippen molar-refractivity contribution in [2.45, 2.75) is 6.10 Å². The van der Waals surface area contributed by atoms with Gasteiger partial charge in [-0.05, 0) is 5.53 Å². The molecule has 62 valence electrons. The van der Waals surface area contributed by atoms with Crippen LogP contribution < -0.4 is 0 Å². The molecule has 6 nitrogen and oxygen atoms in total. The molecule has 1 N–H and O–H groups in total. The molecular formula is C6H7N5O. The van der Waals surface area contributed by atoms with Gasteiger partial charge in [0, 0.05) is 17.3 Å². The summed E-state index contributed by atoms with van der Waals surface area (Å²) >= 11 is 0. The van der Waals surface area contributed by atoms with Gasteiger partial charge in [-0.2, -0.15) is 0 Å². The van der Waals surface area contributed by atoms with Gasteiger partial charge in [0.1, 0.15) is 6.10 Å². The van der Waals surface area contributed by atoms with E-state index < -0.39 is 6.10 Å². The highest BCUT2D eigenvalue weighted by Gasteiger charge is 2.06. The Balaban J connectivity index is 2.65. The number of aliphatic hydroxyl groups is 1. The Bertz CT molecular complexity index is 281. The summed E-state index contributed by atoms with van der Waals surface area (Å²) in [6.45, 7) is -0.0187. The van der Waals surface area contributed by atoms with Crippen LogP contribution in [-0.4, -0.2) is 21.6 Å². The number of aromatic nitrogens is 2. The molecule has 1 aromatic rings. The van der Waals surface area contributed by atoms with Crippen molar-refractivity contribution in [3.05, 3.63) is 34.7 Å². The van der Waals surface area contributed by atoms with Gasteiger partial charge in [-0.25, -0.2) is 0 Å². The summed E-state index contributed by atoms with van der Waals surface area (Å²) < 4.78 is 0. The third-order valence-corrected chi connectivity index (χ3v) is 1.24. The summed E-state index contributed by atoms with van der Waals surface area (Å²) in [5.41, 5.74) is 8.38. The van der Waals surface area contributed by atoms with Crippen LogP contribution in [-0.2, 0) is 0 Å². The molecule has 1 aromatic heterocycles. The summed E-state index contributed by atoms with van der Waals surface area (Å²) in [4.78, 5) is 10.1. The van der Waals surface area contributed by atoms with Crippen LogP contribution in [0.5, 0.6) is 0 Å². The van der Waals surface area contributed by atoms with Gasteiger partial charge in [0.15, 0.2) is 0 Å². The minimum atomic E-state index is -0.866. The van der Waals surface area contributed by atoms with Gasteiger partial charge in [-0.1, -0.05) is 5.11 Å². The normalized spacial score (nSPS) is 11.8. The van der Waals surface area contributed by atoms with Crippen molar-refractivity contribution >= 4 is 0 Å². The fourth-order valence-electron chi connectivity index (χ4n) is 0.690. The summed E-state index contributed by atoms with van der Waals surface area (Å²) in [5, 5.41) is 12.5. The van der Waals surface area contributed by atoms with Crippen molar-refractivity contribution in [3.8, 4) is 0 Å². The molecule has 0 aromatic carbocycles. The number of rotatable bonds is 3. The highest BCUT2D eigenvalue weighted by molar-refractivity contribution is 4.99. The first-order valence-electron chi connectivity index (χ1n) is 3.29. The van der Waals surface area contributed by atoms with Crippen molar-refractivity contribution in [2.24, 2.45) is 5.11 Å². The van der Waals surface area contributed by atoms with E-state index in [1.807, 2.05) is 0 Å². The lowest BCUT2D eigenvalue weighted by Crippen LogP contribution is -2.03. The predicted octanol–water partition coefficient (Wildman–Crippen LogP) is 0.820. The first kappa shape index (κ1) is 8.45. The Morgan fingerprint density at radius 1 is 1.67 bits per heavy atom. The molecule has 0 amide bonds. The Labute approximate surface area is 68.5 Å². The lowest BCUT2D eigenvalue weighted by atomic mass is 10.3. The van der Waals surface area contributed by atoms with Gasteiger partial charge in [0.25, 0.3) is 0 Å². The van der Waals surface area contributed by atoms with Gasteiger partial charge in [0.2, 0.25) is 0 Å². The molecule has 0 fully saturated rings. The largest absolute Gasteiger partial charge is 0.387 e. The van der Waals surface area contributed by atoms with Gasteiger partial charge < -0.3 is 5.11 Å². The predicted molar refractivity (Wildman–Crippen MR) is 41.0 cm³/mol. The van der Waals surface area contributed by atoms with Crippen LogP contribution in [0.3, 0.4) is 0 Å². The molecule has 0 saturated carbocycles. The minimum absolute atomic E-state index is 0.0187. The topological polar surface area (TPSA) is 94.8 Å². The number of aliphatic hydroxyl groups excluding tert-OH is 1. The summed E-state index contributed by atoms with van der Waals surface area (Å²) in [7, 11) is 0. The number of hydrogen-bond acceptors (Lipinski definition) is 4. The zero-order valence-electron chi connectivity index (χ0n) is 6.20. The van der Waals surface area contributed by atoms with Crippen LogP contribution in [0.25, 0.3) is 10.4 Å².